The lowest BCUT2D eigenvalue weighted by molar-refractivity contribution is -0.384. The molecule has 0 saturated heterocycles. The van der Waals surface area contributed by atoms with Crippen LogP contribution in [0, 0.1) is 22.5 Å². The predicted molar refractivity (Wildman–Crippen MR) is 154 cm³/mol. The molecule has 0 radical (unpaired) electrons. The number of hydrogen-bond acceptors (Lipinski definition) is 3. The Morgan fingerprint density at radius 3 is 1.22 bits per heavy atom. The van der Waals surface area contributed by atoms with Gasteiger partial charge in [0.15, 0.2) is 0 Å². The lowest BCUT2D eigenvalue weighted by atomic mass is 9.87. The first-order chi connectivity index (χ1) is 16.4. The second-order valence-electron chi connectivity index (χ2n) is 11.9. The van der Waals surface area contributed by atoms with Gasteiger partial charge in [0.25, 0.3) is 5.69 Å². The third kappa shape index (κ3) is 10.4. The van der Waals surface area contributed by atoms with Crippen LogP contribution in [0.3, 0.4) is 0 Å². The highest BCUT2D eigenvalue weighted by molar-refractivity contribution is 5.41. The van der Waals surface area contributed by atoms with Crippen LogP contribution >= 0.6 is 0 Å². The number of nitro benzene ring substituents is 1. The molecule has 0 aliphatic rings. The number of benzene rings is 3. The molecule has 4 nitrogen and oxygen atoms in total. The molecule has 0 bridgehead atoms. The van der Waals surface area contributed by atoms with Crippen molar-refractivity contribution < 1.29 is 4.92 Å². The maximum absolute atomic E-state index is 10.4. The van der Waals surface area contributed by atoms with Crippen molar-refractivity contribution in [1.29, 1.82) is 0 Å². The van der Waals surface area contributed by atoms with E-state index in [0.717, 1.165) is 16.8 Å². The van der Waals surface area contributed by atoms with Crippen LogP contribution in [0.5, 0.6) is 0 Å². The van der Waals surface area contributed by atoms with E-state index in [-0.39, 0.29) is 26.9 Å². The summed E-state index contributed by atoms with van der Waals surface area (Å²) in [5.41, 5.74) is 11.7. The van der Waals surface area contributed by atoms with Gasteiger partial charge in [0.2, 0.25) is 0 Å². The zero-order valence-electron chi connectivity index (χ0n) is 23.3. The van der Waals surface area contributed by atoms with E-state index in [1.165, 1.54) is 11.1 Å². The molecule has 36 heavy (non-hydrogen) atoms. The zero-order valence-corrected chi connectivity index (χ0v) is 23.3. The molecule has 0 amide bonds. The molecule has 0 saturated carbocycles. The smallest absolute Gasteiger partial charge is 0.269 e. The van der Waals surface area contributed by atoms with Crippen molar-refractivity contribution in [3.8, 4) is 12.3 Å². The maximum atomic E-state index is 10.4. The molecule has 3 aromatic rings. The Bertz CT molecular complexity index is 1130. The van der Waals surface area contributed by atoms with Gasteiger partial charge < -0.3 is 5.73 Å². The van der Waals surface area contributed by atoms with Gasteiger partial charge in [-0.15, -0.1) is 6.42 Å². The number of anilines is 1. The lowest BCUT2D eigenvalue weighted by Crippen LogP contribution is -2.10. The molecule has 4 heteroatoms. The highest BCUT2D eigenvalue weighted by atomic mass is 16.6. The van der Waals surface area contributed by atoms with Gasteiger partial charge in [0, 0.05) is 23.4 Å². The Morgan fingerprint density at radius 2 is 0.944 bits per heavy atom. The average Bonchev–Trinajstić information content (AvgIpc) is 2.78. The first kappa shape index (κ1) is 30.5. The van der Waals surface area contributed by atoms with E-state index < -0.39 is 0 Å². The Labute approximate surface area is 218 Å². The second-order valence-corrected chi connectivity index (χ2v) is 11.9. The predicted octanol–water partition coefficient (Wildman–Crippen LogP) is 8.42. The molecule has 0 aliphatic heterocycles. The van der Waals surface area contributed by atoms with Crippen molar-refractivity contribution in [2.24, 2.45) is 0 Å². The Hall–Kier alpha value is -3.58. The van der Waals surface area contributed by atoms with Crippen LogP contribution in [0.2, 0.25) is 0 Å². The summed E-state index contributed by atoms with van der Waals surface area (Å²) in [5, 5.41) is 10.4. The van der Waals surface area contributed by atoms with E-state index >= 15 is 0 Å². The van der Waals surface area contributed by atoms with Gasteiger partial charge in [-0.05, 0) is 57.2 Å². The fraction of sp³-hybridized carbons (Fsp3) is 0.375. The van der Waals surface area contributed by atoms with Crippen LogP contribution in [0.25, 0.3) is 0 Å². The number of nitrogen functional groups attached to an aromatic ring is 1. The molecule has 0 fully saturated rings. The van der Waals surface area contributed by atoms with Gasteiger partial charge in [0.05, 0.1) is 4.92 Å². The zero-order chi connectivity index (χ0) is 27.7. The summed E-state index contributed by atoms with van der Waals surface area (Å²) in [7, 11) is 0. The number of nitrogens with zero attached hydrogens (tertiary/aromatic N) is 1. The monoisotopic (exact) mass is 486 g/mol. The average molecular weight is 487 g/mol. The molecular formula is C32H42N2O2. The molecule has 2 N–H and O–H groups in total. The molecule has 0 heterocycles. The third-order valence-electron chi connectivity index (χ3n) is 5.64. The van der Waals surface area contributed by atoms with Crippen molar-refractivity contribution in [1.82, 2.24) is 0 Å². The molecule has 0 spiro atoms. The summed E-state index contributed by atoms with van der Waals surface area (Å²) < 4.78 is 0. The van der Waals surface area contributed by atoms with E-state index in [4.69, 9.17) is 12.2 Å². The van der Waals surface area contributed by atoms with E-state index in [9.17, 15) is 10.1 Å². The summed E-state index contributed by atoms with van der Waals surface area (Å²) in [5.74, 6) is 2.61. The second kappa shape index (κ2) is 12.4. The van der Waals surface area contributed by atoms with Crippen LogP contribution in [0.4, 0.5) is 11.4 Å². The normalized spacial score (nSPS) is 11.2. The maximum Gasteiger partial charge on any atom is 0.269 e. The quantitative estimate of drug-likeness (QED) is 0.162. The van der Waals surface area contributed by atoms with Gasteiger partial charge in [-0.2, -0.15) is 0 Å². The number of non-ortho nitro benzene ring substituents is 1. The van der Waals surface area contributed by atoms with Crippen LogP contribution in [-0.4, -0.2) is 4.92 Å². The van der Waals surface area contributed by atoms with Crippen molar-refractivity contribution in [3.05, 3.63) is 105 Å². The van der Waals surface area contributed by atoms with E-state index in [2.05, 4.69) is 92.5 Å². The fourth-order valence-electron chi connectivity index (χ4n) is 3.13. The topological polar surface area (TPSA) is 69.2 Å². The lowest BCUT2D eigenvalue weighted by Gasteiger charge is -2.18. The first-order valence-electron chi connectivity index (χ1n) is 12.1. The summed E-state index contributed by atoms with van der Waals surface area (Å²) >= 11 is 0. The molecule has 0 aliphatic carbocycles. The van der Waals surface area contributed by atoms with E-state index in [1.54, 1.807) is 24.3 Å². The van der Waals surface area contributed by atoms with Crippen LogP contribution in [0.1, 0.15) is 84.6 Å². The van der Waals surface area contributed by atoms with Crippen molar-refractivity contribution in [2.75, 3.05) is 5.73 Å². The molecule has 3 aromatic carbocycles. The van der Waals surface area contributed by atoms with Gasteiger partial charge in [-0.25, -0.2) is 0 Å². The summed E-state index contributed by atoms with van der Waals surface area (Å²) in [6, 6.07) is 22.9. The summed E-state index contributed by atoms with van der Waals surface area (Å²) in [6.45, 7) is 19.4. The van der Waals surface area contributed by atoms with E-state index in [1.807, 2.05) is 24.3 Å². The molecule has 192 valence electrons. The van der Waals surface area contributed by atoms with Gasteiger partial charge in [-0.3, -0.25) is 10.1 Å². The summed E-state index contributed by atoms with van der Waals surface area (Å²) in [4.78, 5) is 9.98. The Morgan fingerprint density at radius 1 is 0.639 bits per heavy atom. The minimum absolute atomic E-state index is 0.0507. The largest absolute Gasteiger partial charge is 0.399 e. The minimum Gasteiger partial charge on any atom is -0.399 e. The minimum atomic E-state index is -0.383. The van der Waals surface area contributed by atoms with Gasteiger partial charge in [0.1, 0.15) is 0 Å². The highest BCUT2D eigenvalue weighted by Gasteiger charge is 2.15. The fourth-order valence-corrected chi connectivity index (χ4v) is 3.13. The standard InChI is InChI=1S/C12H14.C10H13NO2.C10H15N/c1-5-10-6-8-11(9-7-10)12(2,3)4;1-10(2,3)8-4-6-9(7-5-8)11(12)13;1-10(2,3)8-4-6-9(11)7-5-8/h1,6-9H,2-4H3;4-7H,1-3H3;4-7H,11H2,1-3H3. The Balaban J connectivity index is 0.000000271. The van der Waals surface area contributed by atoms with Gasteiger partial charge in [-0.1, -0.05) is 105 Å². The third-order valence-corrected chi connectivity index (χ3v) is 5.64. The van der Waals surface area contributed by atoms with Crippen LogP contribution in [-0.2, 0) is 16.2 Å². The highest BCUT2D eigenvalue weighted by Crippen LogP contribution is 2.24. The first-order valence-corrected chi connectivity index (χ1v) is 12.1. The number of nitrogens with two attached hydrogens (primary N) is 1. The SMILES string of the molecule is C#Cc1ccc(C(C)(C)C)cc1.CC(C)(C)c1ccc(N)cc1.CC(C)(C)c1ccc([N+](=O)[O-])cc1. The molecule has 3 rings (SSSR count). The number of rotatable bonds is 1. The Kier molecular flexibility index (Phi) is 10.5. The summed E-state index contributed by atoms with van der Waals surface area (Å²) in [6.07, 6.45) is 5.26. The number of hydrogen-bond donors (Lipinski definition) is 1. The molecular weight excluding hydrogens is 444 g/mol. The van der Waals surface area contributed by atoms with Crippen molar-refractivity contribution in [3.63, 3.8) is 0 Å². The van der Waals surface area contributed by atoms with Crippen molar-refractivity contribution in [2.45, 2.75) is 78.6 Å². The molecule has 0 unspecified atom stereocenters. The van der Waals surface area contributed by atoms with Gasteiger partial charge >= 0.3 is 0 Å². The van der Waals surface area contributed by atoms with Crippen molar-refractivity contribution >= 4 is 11.4 Å². The number of terminal acetylenes is 1. The molecule has 0 aromatic heterocycles. The van der Waals surface area contributed by atoms with Crippen LogP contribution < -0.4 is 5.73 Å². The number of nitro groups is 1. The van der Waals surface area contributed by atoms with E-state index in [0.29, 0.717) is 0 Å². The molecule has 0 atom stereocenters. The van der Waals surface area contributed by atoms with Crippen LogP contribution in [0.15, 0.2) is 72.8 Å².